The molecule has 2 unspecified atom stereocenters. The number of hydrogen-bond acceptors (Lipinski definition) is 2. The molecule has 0 aromatic carbocycles. The van der Waals surface area contributed by atoms with E-state index in [0.717, 1.165) is 18.4 Å². The molecule has 1 heterocycles. The molecule has 1 aromatic heterocycles. The van der Waals surface area contributed by atoms with Gasteiger partial charge in [-0.05, 0) is 37.3 Å². The van der Waals surface area contributed by atoms with Gasteiger partial charge in [-0.15, -0.1) is 0 Å². The average molecular weight is 217 g/mol. The van der Waals surface area contributed by atoms with Crippen LogP contribution in [0.3, 0.4) is 0 Å². The van der Waals surface area contributed by atoms with Gasteiger partial charge in [-0.2, -0.15) is 0 Å². The third-order valence-electron chi connectivity index (χ3n) is 3.55. The number of pyridine rings is 1. The zero-order valence-corrected chi connectivity index (χ0v) is 10.1. The van der Waals surface area contributed by atoms with Crippen LogP contribution < -0.4 is 0 Å². The van der Waals surface area contributed by atoms with Crippen LogP contribution in [0.1, 0.15) is 48.7 Å². The number of rotatable bonds is 2. The van der Waals surface area contributed by atoms with E-state index in [9.17, 15) is 4.79 Å². The van der Waals surface area contributed by atoms with Gasteiger partial charge in [-0.1, -0.05) is 25.8 Å². The minimum absolute atomic E-state index is 0.206. The molecular formula is C14H19NO. The summed E-state index contributed by atoms with van der Waals surface area (Å²) in [5.41, 5.74) is 1.69. The zero-order valence-electron chi connectivity index (χ0n) is 10.1. The molecule has 0 amide bonds. The number of carbonyl (C=O) groups excluding carboxylic acids is 1. The summed E-state index contributed by atoms with van der Waals surface area (Å²) >= 11 is 0. The van der Waals surface area contributed by atoms with Crippen molar-refractivity contribution in [2.24, 2.45) is 11.8 Å². The molecule has 0 aliphatic heterocycles. The zero-order chi connectivity index (χ0) is 11.5. The van der Waals surface area contributed by atoms with E-state index in [-0.39, 0.29) is 11.7 Å². The summed E-state index contributed by atoms with van der Waals surface area (Å²) in [7, 11) is 0. The minimum atomic E-state index is 0.206. The maximum absolute atomic E-state index is 12.3. The highest BCUT2D eigenvalue weighted by Crippen LogP contribution is 2.30. The van der Waals surface area contributed by atoms with E-state index in [0.29, 0.717) is 11.6 Å². The van der Waals surface area contributed by atoms with Gasteiger partial charge in [0.1, 0.15) is 5.69 Å². The Morgan fingerprint density at radius 2 is 2.25 bits per heavy atom. The van der Waals surface area contributed by atoms with Crippen LogP contribution >= 0.6 is 0 Å². The fourth-order valence-electron chi connectivity index (χ4n) is 2.61. The molecule has 0 radical (unpaired) electrons. The van der Waals surface area contributed by atoms with Crippen LogP contribution in [-0.2, 0) is 0 Å². The van der Waals surface area contributed by atoms with Crippen molar-refractivity contribution in [1.82, 2.24) is 4.98 Å². The van der Waals surface area contributed by atoms with Gasteiger partial charge in [0.05, 0.1) is 0 Å². The first-order valence-electron chi connectivity index (χ1n) is 6.14. The van der Waals surface area contributed by atoms with Gasteiger partial charge in [-0.3, -0.25) is 9.78 Å². The highest BCUT2D eigenvalue weighted by molar-refractivity contribution is 5.97. The first-order valence-corrected chi connectivity index (χ1v) is 6.14. The van der Waals surface area contributed by atoms with Gasteiger partial charge < -0.3 is 0 Å². The number of Topliss-reactive ketones (excluding diaryl/α,β-unsaturated/α-hetero) is 1. The summed E-state index contributed by atoms with van der Waals surface area (Å²) in [6, 6.07) is 3.85. The quantitative estimate of drug-likeness (QED) is 0.711. The number of aromatic nitrogens is 1. The number of ketones is 1. The standard InChI is InChI=1S/C14H19NO/c1-10-5-3-7-12(9-10)14(16)13-11(2)6-4-8-15-13/h4,6,8,10,12H,3,5,7,9H2,1-2H3. The van der Waals surface area contributed by atoms with Gasteiger partial charge in [0, 0.05) is 12.1 Å². The molecule has 1 aliphatic rings. The summed E-state index contributed by atoms with van der Waals surface area (Å²) in [4.78, 5) is 16.5. The van der Waals surface area contributed by atoms with E-state index in [4.69, 9.17) is 0 Å². The van der Waals surface area contributed by atoms with Gasteiger partial charge in [0.2, 0.25) is 0 Å². The second-order valence-corrected chi connectivity index (χ2v) is 5.00. The molecule has 2 rings (SSSR count). The van der Waals surface area contributed by atoms with Crippen molar-refractivity contribution in [2.45, 2.75) is 39.5 Å². The summed E-state index contributed by atoms with van der Waals surface area (Å²) in [5.74, 6) is 1.15. The van der Waals surface area contributed by atoms with Crippen molar-refractivity contribution in [3.8, 4) is 0 Å². The smallest absolute Gasteiger partial charge is 0.184 e. The third-order valence-corrected chi connectivity index (χ3v) is 3.55. The van der Waals surface area contributed by atoms with Crippen molar-refractivity contribution in [3.05, 3.63) is 29.6 Å². The van der Waals surface area contributed by atoms with Crippen LogP contribution in [-0.4, -0.2) is 10.8 Å². The fourth-order valence-corrected chi connectivity index (χ4v) is 2.61. The van der Waals surface area contributed by atoms with Gasteiger partial charge >= 0.3 is 0 Å². The second-order valence-electron chi connectivity index (χ2n) is 5.00. The molecule has 1 fully saturated rings. The Balaban J connectivity index is 2.16. The predicted octanol–water partition coefficient (Wildman–Crippen LogP) is 3.40. The van der Waals surface area contributed by atoms with Crippen LogP contribution in [0.2, 0.25) is 0 Å². The Bertz CT molecular complexity index is 386. The van der Waals surface area contributed by atoms with Crippen molar-refractivity contribution >= 4 is 5.78 Å². The highest BCUT2D eigenvalue weighted by Gasteiger charge is 2.27. The summed E-state index contributed by atoms with van der Waals surface area (Å²) in [6.07, 6.45) is 6.24. The molecule has 16 heavy (non-hydrogen) atoms. The molecule has 1 aromatic rings. The normalized spacial score (nSPS) is 25.4. The Morgan fingerprint density at radius 1 is 1.44 bits per heavy atom. The minimum Gasteiger partial charge on any atom is -0.292 e. The van der Waals surface area contributed by atoms with Crippen molar-refractivity contribution < 1.29 is 4.79 Å². The van der Waals surface area contributed by atoms with Crippen molar-refractivity contribution in [3.63, 3.8) is 0 Å². The Labute approximate surface area is 97.1 Å². The molecule has 86 valence electrons. The van der Waals surface area contributed by atoms with Crippen molar-refractivity contribution in [2.75, 3.05) is 0 Å². The first-order chi connectivity index (χ1) is 7.68. The lowest BCUT2D eigenvalue weighted by atomic mass is 9.79. The van der Waals surface area contributed by atoms with Gasteiger partial charge in [-0.25, -0.2) is 0 Å². The molecule has 1 saturated carbocycles. The van der Waals surface area contributed by atoms with Crippen molar-refractivity contribution in [1.29, 1.82) is 0 Å². The Morgan fingerprint density at radius 3 is 2.94 bits per heavy atom. The maximum atomic E-state index is 12.3. The van der Waals surface area contributed by atoms with Gasteiger partial charge in [0.15, 0.2) is 5.78 Å². The molecule has 0 saturated heterocycles. The molecule has 2 heteroatoms. The lowest BCUT2D eigenvalue weighted by Crippen LogP contribution is -2.23. The van der Waals surface area contributed by atoms with Crippen LogP contribution in [0.5, 0.6) is 0 Å². The number of carbonyl (C=O) groups is 1. The highest BCUT2D eigenvalue weighted by atomic mass is 16.1. The Kier molecular flexibility index (Phi) is 3.37. The SMILES string of the molecule is Cc1cccnc1C(=O)C1CCCC(C)C1. The Hall–Kier alpha value is -1.18. The topological polar surface area (TPSA) is 30.0 Å². The molecule has 0 N–H and O–H groups in total. The maximum Gasteiger partial charge on any atom is 0.184 e. The summed E-state index contributed by atoms with van der Waals surface area (Å²) < 4.78 is 0. The predicted molar refractivity (Wildman–Crippen MR) is 64.4 cm³/mol. The third kappa shape index (κ3) is 2.31. The van der Waals surface area contributed by atoms with Crippen LogP contribution in [0, 0.1) is 18.8 Å². The van der Waals surface area contributed by atoms with E-state index in [1.807, 2.05) is 19.1 Å². The number of nitrogens with zero attached hydrogens (tertiary/aromatic N) is 1. The number of aryl methyl sites for hydroxylation is 1. The lowest BCUT2D eigenvalue weighted by Gasteiger charge is -2.25. The molecule has 0 spiro atoms. The van der Waals surface area contributed by atoms with E-state index >= 15 is 0 Å². The van der Waals surface area contributed by atoms with Crippen LogP contribution in [0.15, 0.2) is 18.3 Å². The van der Waals surface area contributed by atoms with E-state index in [1.54, 1.807) is 6.20 Å². The van der Waals surface area contributed by atoms with E-state index in [2.05, 4.69) is 11.9 Å². The summed E-state index contributed by atoms with van der Waals surface area (Å²) in [6.45, 7) is 4.21. The molecule has 0 bridgehead atoms. The molecule has 2 nitrogen and oxygen atoms in total. The number of hydrogen-bond donors (Lipinski definition) is 0. The van der Waals surface area contributed by atoms with E-state index in [1.165, 1.54) is 12.8 Å². The second kappa shape index (κ2) is 4.77. The monoisotopic (exact) mass is 217 g/mol. The van der Waals surface area contributed by atoms with Gasteiger partial charge in [0.25, 0.3) is 0 Å². The largest absolute Gasteiger partial charge is 0.292 e. The summed E-state index contributed by atoms with van der Waals surface area (Å²) in [5, 5.41) is 0. The molecule has 2 atom stereocenters. The van der Waals surface area contributed by atoms with E-state index < -0.39 is 0 Å². The fraction of sp³-hybridized carbons (Fsp3) is 0.571. The lowest BCUT2D eigenvalue weighted by molar-refractivity contribution is 0.0862. The van der Waals surface area contributed by atoms with Crippen LogP contribution in [0.4, 0.5) is 0 Å². The molecule has 1 aliphatic carbocycles. The average Bonchev–Trinajstić information content (AvgIpc) is 2.29. The molecular weight excluding hydrogens is 198 g/mol. The first kappa shape index (κ1) is 11.3. The van der Waals surface area contributed by atoms with Crippen LogP contribution in [0.25, 0.3) is 0 Å².